The zero-order valence-electron chi connectivity index (χ0n) is 11.4. The third-order valence-electron chi connectivity index (χ3n) is 3.36. The van der Waals surface area contributed by atoms with Gasteiger partial charge in [-0.1, -0.05) is 24.3 Å². The van der Waals surface area contributed by atoms with Gasteiger partial charge >= 0.3 is 0 Å². The minimum Gasteiger partial charge on any atom is -0.324 e. The third-order valence-corrected chi connectivity index (χ3v) is 3.75. The van der Waals surface area contributed by atoms with Crippen LogP contribution in [-0.4, -0.2) is 29.2 Å². The topological polar surface area (TPSA) is 66.5 Å². The number of benzene rings is 2. The van der Waals surface area contributed by atoms with Crippen molar-refractivity contribution in [1.29, 1.82) is 0 Å². The van der Waals surface area contributed by atoms with Crippen LogP contribution in [0.3, 0.4) is 0 Å². The summed E-state index contributed by atoms with van der Waals surface area (Å²) < 4.78 is 0. The molecule has 6 heteroatoms. The van der Waals surface area contributed by atoms with Crippen LogP contribution in [0.1, 0.15) is 20.7 Å². The second-order valence-corrected chi connectivity index (χ2v) is 5.29. The summed E-state index contributed by atoms with van der Waals surface area (Å²) in [7, 11) is 0. The standard InChI is InChI=1S/C16H12N2O3S/c19-14(17-12-7-3-4-8-13(12)22)9-18-15(20)10-5-1-2-6-11(10)16(18)21/h1-8,22H,9H2,(H,17,19). The number of rotatable bonds is 3. The highest BCUT2D eigenvalue weighted by Crippen LogP contribution is 2.23. The first-order valence-corrected chi connectivity index (χ1v) is 7.05. The highest BCUT2D eigenvalue weighted by molar-refractivity contribution is 7.80. The maximum Gasteiger partial charge on any atom is 0.262 e. The first-order valence-electron chi connectivity index (χ1n) is 6.61. The molecule has 5 nitrogen and oxygen atoms in total. The molecule has 2 aromatic rings. The summed E-state index contributed by atoms with van der Waals surface area (Å²) in [6, 6.07) is 13.5. The van der Waals surface area contributed by atoms with Crippen molar-refractivity contribution in [1.82, 2.24) is 4.90 Å². The fourth-order valence-corrected chi connectivity index (χ4v) is 2.51. The minimum absolute atomic E-state index is 0.325. The number of hydrogen-bond donors (Lipinski definition) is 2. The molecule has 1 heterocycles. The van der Waals surface area contributed by atoms with Gasteiger partial charge in [-0.3, -0.25) is 19.3 Å². The number of anilines is 1. The number of thiol groups is 1. The quantitative estimate of drug-likeness (QED) is 0.674. The van der Waals surface area contributed by atoms with Crippen molar-refractivity contribution in [3.8, 4) is 0 Å². The Morgan fingerprint density at radius 1 is 0.955 bits per heavy atom. The van der Waals surface area contributed by atoms with E-state index in [1.165, 1.54) is 0 Å². The van der Waals surface area contributed by atoms with Crippen molar-refractivity contribution in [2.24, 2.45) is 0 Å². The molecule has 3 rings (SSSR count). The number of fused-ring (bicyclic) bond motifs is 1. The molecule has 0 aliphatic carbocycles. The van der Waals surface area contributed by atoms with Crippen LogP contribution in [0.15, 0.2) is 53.4 Å². The molecule has 0 fully saturated rings. The zero-order chi connectivity index (χ0) is 15.7. The van der Waals surface area contributed by atoms with Gasteiger partial charge in [-0.2, -0.15) is 0 Å². The summed E-state index contributed by atoms with van der Waals surface area (Å²) in [5, 5.41) is 2.64. The third kappa shape index (κ3) is 2.48. The number of nitrogens with zero attached hydrogens (tertiary/aromatic N) is 1. The lowest BCUT2D eigenvalue weighted by Crippen LogP contribution is -2.37. The molecule has 0 aromatic heterocycles. The van der Waals surface area contributed by atoms with Gasteiger partial charge in [0.2, 0.25) is 5.91 Å². The van der Waals surface area contributed by atoms with E-state index >= 15 is 0 Å². The van der Waals surface area contributed by atoms with E-state index in [0.717, 1.165) is 4.90 Å². The average Bonchev–Trinajstić information content (AvgIpc) is 2.75. The number of carbonyl (C=O) groups is 3. The number of para-hydroxylation sites is 1. The van der Waals surface area contributed by atoms with Gasteiger partial charge in [0.25, 0.3) is 11.8 Å². The number of hydrogen-bond acceptors (Lipinski definition) is 4. The van der Waals surface area contributed by atoms with Crippen LogP contribution >= 0.6 is 12.6 Å². The Balaban J connectivity index is 1.75. The van der Waals surface area contributed by atoms with Gasteiger partial charge in [-0.25, -0.2) is 0 Å². The van der Waals surface area contributed by atoms with Crippen molar-refractivity contribution in [2.75, 3.05) is 11.9 Å². The summed E-state index contributed by atoms with van der Waals surface area (Å²) in [6.07, 6.45) is 0. The molecule has 1 N–H and O–H groups in total. The predicted molar refractivity (Wildman–Crippen MR) is 84.1 cm³/mol. The molecule has 0 unspecified atom stereocenters. The summed E-state index contributed by atoms with van der Waals surface area (Å²) >= 11 is 4.24. The summed E-state index contributed by atoms with van der Waals surface area (Å²) in [4.78, 5) is 38.0. The highest BCUT2D eigenvalue weighted by Gasteiger charge is 2.36. The molecule has 3 amide bonds. The molecule has 2 aromatic carbocycles. The van der Waals surface area contributed by atoms with Gasteiger partial charge in [0, 0.05) is 4.90 Å². The van der Waals surface area contributed by atoms with E-state index in [-0.39, 0.29) is 6.54 Å². The normalized spacial score (nSPS) is 13.2. The average molecular weight is 312 g/mol. The SMILES string of the molecule is O=C(CN1C(=O)c2ccccc2C1=O)Nc1ccccc1S. The van der Waals surface area contributed by atoms with Crippen LogP contribution in [0.2, 0.25) is 0 Å². The lowest BCUT2D eigenvalue weighted by Gasteiger charge is -2.14. The van der Waals surface area contributed by atoms with Crippen LogP contribution in [0, 0.1) is 0 Å². The summed E-state index contributed by atoms with van der Waals surface area (Å²) in [5.74, 6) is -1.35. The number of nitrogens with one attached hydrogen (secondary N) is 1. The molecule has 1 aliphatic rings. The number of carbonyl (C=O) groups excluding carboxylic acids is 3. The van der Waals surface area contributed by atoms with Crippen molar-refractivity contribution in [2.45, 2.75) is 4.90 Å². The van der Waals surface area contributed by atoms with Crippen LogP contribution < -0.4 is 5.32 Å². The van der Waals surface area contributed by atoms with Gasteiger partial charge in [-0.05, 0) is 24.3 Å². The number of amides is 3. The molecule has 0 saturated carbocycles. The Morgan fingerprint density at radius 3 is 2.09 bits per heavy atom. The fourth-order valence-electron chi connectivity index (χ4n) is 2.30. The smallest absolute Gasteiger partial charge is 0.262 e. The van der Waals surface area contributed by atoms with E-state index in [4.69, 9.17) is 0 Å². The van der Waals surface area contributed by atoms with E-state index in [0.29, 0.717) is 21.7 Å². The summed E-state index contributed by atoms with van der Waals surface area (Å²) in [6.45, 7) is -0.325. The lowest BCUT2D eigenvalue weighted by atomic mass is 10.1. The molecule has 0 saturated heterocycles. The van der Waals surface area contributed by atoms with Crippen LogP contribution in [-0.2, 0) is 4.79 Å². The van der Waals surface area contributed by atoms with E-state index in [1.807, 2.05) is 0 Å². The largest absolute Gasteiger partial charge is 0.324 e. The van der Waals surface area contributed by atoms with E-state index in [2.05, 4.69) is 17.9 Å². The van der Waals surface area contributed by atoms with E-state index < -0.39 is 17.7 Å². The predicted octanol–water partition coefficient (Wildman–Crippen LogP) is 2.21. The van der Waals surface area contributed by atoms with Gasteiger partial charge in [0.05, 0.1) is 16.8 Å². The second kappa shape index (κ2) is 5.65. The highest BCUT2D eigenvalue weighted by atomic mass is 32.1. The summed E-state index contributed by atoms with van der Waals surface area (Å²) in [5.41, 5.74) is 1.19. The Kier molecular flexibility index (Phi) is 3.68. The molecular formula is C16H12N2O3S. The lowest BCUT2D eigenvalue weighted by molar-refractivity contribution is -0.116. The van der Waals surface area contributed by atoms with Crippen LogP contribution in [0.25, 0.3) is 0 Å². The molecule has 0 radical (unpaired) electrons. The van der Waals surface area contributed by atoms with E-state index in [1.54, 1.807) is 48.5 Å². The van der Waals surface area contributed by atoms with Crippen molar-refractivity contribution in [3.05, 3.63) is 59.7 Å². The Hall–Kier alpha value is -2.60. The fraction of sp³-hybridized carbons (Fsp3) is 0.0625. The zero-order valence-corrected chi connectivity index (χ0v) is 12.3. The molecular weight excluding hydrogens is 300 g/mol. The Bertz CT molecular complexity index is 753. The second-order valence-electron chi connectivity index (χ2n) is 4.81. The molecule has 0 atom stereocenters. The van der Waals surface area contributed by atoms with Gasteiger partial charge in [0.1, 0.15) is 6.54 Å². The number of imide groups is 1. The van der Waals surface area contributed by atoms with Gasteiger partial charge in [-0.15, -0.1) is 12.6 Å². The van der Waals surface area contributed by atoms with Gasteiger partial charge < -0.3 is 5.32 Å². The molecule has 0 bridgehead atoms. The van der Waals surface area contributed by atoms with Crippen LogP contribution in [0.5, 0.6) is 0 Å². The van der Waals surface area contributed by atoms with Crippen LogP contribution in [0.4, 0.5) is 5.69 Å². The molecule has 0 spiro atoms. The Labute approximate surface area is 132 Å². The molecule has 110 valence electrons. The van der Waals surface area contributed by atoms with Crippen molar-refractivity contribution in [3.63, 3.8) is 0 Å². The minimum atomic E-state index is -0.449. The maximum absolute atomic E-state index is 12.2. The maximum atomic E-state index is 12.2. The van der Waals surface area contributed by atoms with E-state index in [9.17, 15) is 14.4 Å². The van der Waals surface area contributed by atoms with Crippen molar-refractivity contribution < 1.29 is 14.4 Å². The molecule has 1 aliphatic heterocycles. The molecule has 22 heavy (non-hydrogen) atoms. The van der Waals surface area contributed by atoms with Crippen molar-refractivity contribution >= 4 is 36.0 Å². The first-order chi connectivity index (χ1) is 10.6. The van der Waals surface area contributed by atoms with Gasteiger partial charge in [0.15, 0.2) is 0 Å². The first kappa shape index (κ1) is 14.3. The Morgan fingerprint density at radius 2 is 1.50 bits per heavy atom. The monoisotopic (exact) mass is 312 g/mol.